The molecule has 0 saturated heterocycles. The van der Waals surface area contributed by atoms with Crippen LogP contribution >= 0.6 is 0 Å². The zero-order chi connectivity index (χ0) is 15.6. The molecule has 0 amide bonds. The number of nitrogens with one attached hydrogen (secondary N) is 2. The van der Waals surface area contributed by atoms with E-state index >= 15 is 0 Å². The van der Waals surface area contributed by atoms with Crippen molar-refractivity contribution < 1.29 is 12.8 Å². The first kappa shape index (κ1) is 15.3. The van der Waals surface area contributed by atoms with Crippen molar-refractivity contribution in [1.29, 1.82) is 0 Å². The van der Waals surface area contributed by atoms with Gasteiger partial charge in [-0.3, -0.25) is 0 Å². The summed E-state index contributed by atoms with van der Waals surface area (Å²) in [4.78, 5) is 4.38. The number of hydrogen-bond donors (Lipinski definition) is 3. The molecular formula is C13H18N4O3S. The second-order valence-electron chi connectivity index (χ2n) is 4.56. The monoisotopic (exact) mass is 310 g/mol. The number of aryl methyl sites for hydroxylation is 2. The summed E-state index contributed by atoms with van der Waals surface area (Å²) in [6.07, 6.45) is 0. The fourth-order valence-corrected chi connectivity index (χ4v) is 2.52. The van der Waals surface area contributed by atoms with Crippen LogP contribution in [0.25, 0.3) is 0 Å². The lowest BCUT2D eigenvalue weighted by molar-refractivity contribution is 0.478. The Morgan fingerprint density at radius 3 is 2.62 bits per heavy atom. The minimum Gasteiger partial charge on any atom is -0.444 e. The summed E-state index contributed by atoms with van der Waals surface area (Å²) in [5.41, 5.74) is 7.63. The van der Waals surface area contributed by atoms with Crippen molar-refractivity contribution >= 4 is 21.4 Å². The fraction of sp³-hybridized carbons (Fsp3) is 0.308. The van der Waals surface area contributed by atoms with E-state index in [1.807, 2.05) is 13.8 Å². The van der Waals surface area contributed by atoms with Gasteiger partial charge in [0.25, 0.3) is 0 Å². The molecule has 0 unspecified atom stereocenters. The molecular weight excluding hydrogens is 292 g/mol. The quantitative estimate of drug-likeness (QED) is 0.720. The number of anilines is 2. The third kappa shape index (κ3) is 3.34. The van der Waals surface area contributed by atoms with Crippen molar-refractivity contribution in [3.8, 4) is 0 Å². The van der Waals surface area contributed by atoms with Gasteiger partial charge in [-0.1, -0.05) is 0 Å². The molecule has 0 atom stereocenters. The predicted octanol–water partition coefficient (Wildman–Crippen LogP) is 1.39. The highest BCUT2D eigenvalue weighted by atomic mass is 32.2. The lowest BCUT2D eigenvalue weighted by Crippen LogP contribution is -2.18. The van der Waals surface area contributed by atoms with E-state index in [4.69, 9.17) is 10.2 Å². The maximum absolute atomic E-state index is 11.8. The molecule has 0 spiro atoms. The highest BCUT2D eigenvalue weighted by Gasteiger charge is 2.13. The first-order valence-corrected chi connectivity index (χ1v) is 7.81. The zero-order valence-electron chi connectivity index (χ0n) is 12.1. The number of nitrogens with two attached hydrogens (primary N) is 1. The number of rotatable bonds is 5. The average Bonchev–Trinajstić information content (AvgIpc) is 2.76. The lowest BCUT2D eigenvalue weighted by atomic mass is 10.2. The second-order valence-corrected chi connectivity index (χ2v) is 6.45. The van der Waals surface area contributed by atoms with Gasteiger partial charge in [0.1, 0.15) is 5.76 Å². The summed E-state index contributed by atoms with van der Waals surface area (Å²) in [5, 5.41) is 3.03. The number of nitrogens with zero attached hydrogens (tertiary/aromatic N) is 1. The molecule has 0 bridgehead atoms. The van der Waals surface area contributed by atoms with Crippen LogP contribution in [-0.4, -0.2) is 20.4 Å². The number of aromatic nitrogens is 1. The highest BCUT2D eigenvalue weighted by Crippen LogP contribution is 2.23. The van der Waals surface area contributed by atoms with Crippen molar-refractivity contribution in [2.45, 2.75) is 25.3 Å². The lowest BCUT2D eigenvalue weighted by Gasteiger charge is -2.10. The Hall–Kier alpha value is -2.06. The smallest absolute Gasteiger partial charge is 0.240 e. The largest absolute Gasteiger partial charge is 0.444 e. The molecule has 21 heavy (non-hydrogen) atoms. The van der Waals surface area contributed by atoms with Crippen molar-refractivity contribution in [2.75, 3.05) is 18.1 Å². The van der Waals surface area contributed by atoms with Gasteiger partial charge in [0.05, 0.1) is 28.5 Å². The minimum atomic E-state index is -3.51. The fourth-order valence-electron chi connectivity index (χ4n) is 1.76. The molecule has 7 nitrogen and oxygen atoms in total. The van der Waals surface area contributed by atoms with Gasteiger partial charge in [0, 0.05) is 0 Å². The number of nitrogen functional groups attached to an aromatic ring is 1. The van der Waals surface area contributed by atoms with E-state index in [2.05, 4.69) is 15.0 Å². The Morgan fingerprint density at radius 1 is 1.33 bits per heavy atom. The molecule has 0 aliphatic heterocycles. The molecule has 0 radical (unpaired) electrons. The van der Waals surface area contributed by atoms with E-state index in [9.17, 15) is 8.42 Å². The van der Waals surface area contributed by atoms with Crippen LogP contribution in [-0.2, 0) is 16.6 Å². The molecule has 1 aromatic heterocycles. The van der Waals surface area contributed by atoms with Gasteiger partial charge in [-0.25, -0.2) is 18.1 Å². The standard InChI is InChI=1S/C13H18N4O3S/c1-8-9(2)20-13(17-8)7-16-12-6-10(4-5-11(12)14)21(18,19)15-3/h4-6,15-16H,7,14H2,1-3H3. The van der Waals surface area contributed by atoms with Gasteiger partial charge in [-0.2, -0.15) is 0 Å². The Kier molecular flexibility index (Phi) is 4.19. The Bertz CT molecular complexity index is 733. The number of sulfonamides is 1. The Balaban J connectivity index is 2.21. The van der Waals surface area contributed by atoms with E-state index in [-0.39, 0.29) is 4.90 Å². The Labute approximate surface area is 123 Å². The molecule has 0 aliphatic rings. The summed E-state index contributed by atoms with van der Waals surface area (Å²) >= 11 is 0. The normalized spacial score (nSPS) is 11.6. The van der Waals surface area contributed by atoms with E-state index in [0.717, 1.165) is 11.5 Å². The molecule has 0 fully saturated rings. The minimum absolute atomic E-state index is 0.140. The maximum atomic E-state index is 11.8. The summed E-state index contributed by atoms with van der Waals surface area (Å²) in [7, 11) is -2.15. The third-order valence-corrected chi connectivity index (χ3v) is 4.52. The van der Waals surface area contributed by atoms with Crippen molar-refractivity contribution in [3.63, 3.8) is 0 Å². The molecule has 8 heteroatoms. The number of oxazole rings is 1. The molecule has 1 heterocycles. The van der Waals surface area contributed by atoms with Crippen LogP contribution in [0.4, 0.5) is 11.4 Å². The van der Waals surface area contributed by atoms with E-state index < -0.39 is 10.0 Å². The SMILES string of the molecule is CNS(=O)(=O)c1ccc(N)c(NCc2nc(C)c(C)o2)c1. The molecule has 4 N–H and O–H groups in total. The number of hydrogen-bond acceptors (Lipinski definition) is 6. The van der Waals surface area contributed by atoms with Gasteiger partial charge in [0.2, 0.25) is 15.9 Å². The summed E-state index contributed by atoms with van der Waals surface area (Å²) in [6.45, 7) is 4.01. The molecule has 0 aliphatic carbocycles. The van der Waals surface area contributed by atoms with Crippen LogP contribution in [0.2, 0.25) is 0 Å². The topological polar surface area (TPSA) is 110 Å². The van der Waals surface area contributed by atoms with Crippen LogP contribution in [0.3, 0.4) is 0 Å². The van der Waals surface area contributed by atoms with Crippen molar-refractivity contribution in [2.24, 2.45) is 0 Å². The van der Waals surface area contributed by atoms with Crippen LogP contribution in [0, 0.1) is 13.8 Å². The van der Waals surface area contributed by atoms with Gasteiger partial charge in [0.15, 0.2) is 0 Å². The van der Waals surface area contributed by atoms with Crippen molar-refractivity contribution in [1.82, 2.24) is 9.71 Å². The number of benzene rings is 1. The predicted molar refractivity (Wildman–Crippen MR) is 80.4 cm³/mol. The Morgan fingerprint density at radius 2 is 2.05 bits per heavy atom. The van der Waals surface area contributed by atoms with Gasteiger partial charge >= 0.3 is 0 Å². The van der Waals surface area contributed by atoms with Gasteiger partial charge in [-0.05, 0) is 39.1 Å². The summed E-state index contributed by atoms with van der Waals surface area (Å²) in [6, 6.07) is 4.47. The molecule has 1 aromatic carbocycles. The second kappa shape index (κ2) is 5.74. The average molecular weight is 310 g/mol. The first-order valence-electron chi connectivity index (χ1n) is 6.33. The molecule has 114 valence electrons. The van der Waals surface area contributed by atoms with E-state index in [0.29, 0.717) is 23.8 Å². The van der Waals surface area contributed by atoms with Crippen molar-refractivity contribution in [3.05, 3.63) is 35.5 Å². The summed E-state index contributed by atoms with van der Waals surface area (Å²) < 4.78 is 31.3. The highest BCUT2D eigenvalue weighted by molar-refractivity contribution is 7.89. The van der Waals surface area contributed by atoms with Gasteiger partial charge in [-0.15, -0.1) is 0 Å². The van der Waals surface area contributed by atoms with E-state index in [1.165, 1.54) is 19.2 Å². The third-order valence-electron chi connectivity index (χ3n) is 3.11. The van der Waals surface area contributed by atoms with Crippen LogP contribution in [0.1, 0.15) is 17.3 Å². The van der Waals surface area contributed by atoms with Gasteiger partial charge < -0.3 is 15.5 Å². The molecule has 2 aromatic rings. The molecule has 0 saturated carbocycles. The summed E-state index contributed by atoms with van der Waals surface area (Å²) in [5.74, 6) is 1.28. The maximum Gasteiger partial charge on any atom is 0.240 e. The molecule has 2 rings (SSSR count). The zero-order valence-corrected chi connectivity index (χ0v) is 12.9. The van der Waals surface area contributed by atoms with Crippen LogP contribution < -0.4 is 15.8 Å². The van der Waals surface area contributed by atoms with Crippen LogP contribution in [0.5, 0.6) is 0 Å². The van der Waals surface area contributed by atoms with E-state index in [1.54, 1.807) is 6.07 Å². The first-order chi connectivity index (χ1) is 9.83. The van der Waals surface area contributed by atoms with Crippen LogP contribution in [0.15, 0.2) is 27.5 Å².